The first kappa shape index (κ1) is 33.6. The maximum Gasteiger partial charge on any atom is 0.331 e. The molecule has 4 rings (SSSR count). The van der Waals surface area contributed by atoms with Crippen molar-refractivity contribution in [3.05, 3.63) is 63.9 Å². The number of ether oxygens (including phenoxy) is 2. The van der Waals surface area contributed by atoms with Gasteiger partial charge in [0, 0.05) is 23.9 Å². The summed E-state index contributed by atoms with van der Waals surface area (Å²) in [5, 5.41) is 3.89. The molecule has 1 aromatic carbocycles. The van der Waals surface area contributed by atoms with Crippen LogP contribution in [0.5, 0.6) is 5.75 Å². The van der Waals surface area contributed by atoms with Gasteiger partial charge < -0.3 is 19.7 Å². The smallest absolute Gasteiger partial charge is 0.331 e. The summed E-state index contributed by atoms with van der Waals surface area (Å²) in [6, 6.07) is 10.6. The molecule has 2 aromatic heterocycles. The Morgan fingerprint density at radius 3 is 2.43 bits per heavy atom. The molecule has 1 saturated carbocycles. The number of amides is 1. The van der Waals surface area contributed by atoms with Crippen LogP contribution in [0.1, 0.15) is 54.6 Å². The molecule has 0 aliphatic heterocycles. The molecule has 0 bridgehead atoms. The topological polar surface area (TPSA) is 93.6 Å². The van der Waals surface area contributed by atoms with Gasteiger partial charge in [-0.15, -0.1) is 12.4 Å². The first-order chi connectivity index (χ1) is 19.6. The van der Waals surface area contributed by atoms with Crippen molar-refractivity contribution >= 4 is 47.5 Å². The highest BCUT2D eigenvalue weighted by Crippen LogP contribution is 2.37. The summed E-state index contributed by atoms with van der Waals surface area (Å²) < 4.78 is 11.1. The summed E-state index contributed by atoms with van der Waals surface area (Å²) in [7, 11) is 5.36. The van der Waals surface area contributed by atoms with Crippen LogP contribution in [0.4, 0.5) is 0 Å². The number of methoxy groups -OCH3 is 1. The fraction of sp³-hybridized carbons (Fsp3) is 0.419. The Hall–Kier alpha value is -2.91. The van der Waals surface area contributed by atoms with Gasteiger partial charge in [0.1, 0.15) is 17.0 Å². The number of aryl methyl sites for hydroxylation is 1. The zero-order valence-corrected chi connectivity index (χ0v) is 26.7. The van der Waals surface area contributed by atoms with E-state index in [-0.39, 0.29) is 18.1 Å². The van der Waals surface area contributed by atoms with Crippen molar-refractivity contribution in [2.24, 2.45) is 0 Å². The predicted octanol–water partition coefficient (Wildman–Crippen LogP) is 6.78. The summed E-state index contributed by atoms with van der Waals surface area (Å²) in [5.74, 6) is -0.380. The molecule has 2 heterocycles. The lowest BCUT2D eigenvalue weighted by atomic mass is 9.81. The SMILES string of the molecule is COC(=O)C1(NC(=O)c2ccc(-c3ncc(C)cc3Cl)c(-c3ccc(Cl)c(OCCCN(C)C)c3)n2)CCCCC1.Cl. The Labute approximate surface area is 263 Å². The number of benzene rings is 1. The molecular formula is C31H37Cl3N4O4. The van der Waals surface area contributed by atoms with Crippen LogP contribution in [-0.2, 0) is 9.53 Å². The molecule has 1 N–H and O–H groups in total. The van der Waals surface area contributed by atoms with Crippen LogP contribution in [0.25, 0.3) is 22.5 Å². The van der Waals surface area contributed by atoms with Gasteiger partial charge in [0.25, 0.3) is 5.91 Å². The van der Waals surface area contributed by atoms with Gasteiger partial charge in [-0.1, -0.05) is 48.5 Å². The molecule has 8 nitrogen and oxygen atoms in total. The van der Waals surface area contributed by atoms with Gasteiger partial charge >= 0.3 is 5.97 Å². The Bertz CT molecular complexity index is 1410. The standard InChI is InChI=1S/C31H36Cl2N4O4.ClH/c1-20-17-24(33)28(34-19-20)22-10-12-25(29(38)36-31(30(39)40-4)13-6-5-7-14-31)35-27(22)21-9-11-23(32)26(18-21)41-16-8-15-37(2)3;/h9-12,17-19H,5-8,13-16H2,1-4H3,(H,36,38);1H. The molecule has 3 aromatic rings. The Morgan fingerprint density at radius 1 is 1.02 bits per heavy atom. The molecule has 0 unspecified atom stereocenters. The lowest BCUT2D eigenvalue weighted by Crippen LogP contribution is -2.56. The average molecular weight is 636 g/mol. The van der Waals surface area contributed by atoms with Crippen molar-refractivity contribution in [2.75, 3.05) is 34.4 Å². The van der Waals surface area contributed by atoms with Crippen LogP contribution in [0.2, 0.25) is 10.0 Å². The van der Waals surface area contributed by atoms with Crippen molar-refractivity contribution in [1.29, 1.82) is 0 Å². The molecule has 42 heavy (non-hydrogen) atoms. The van der Waals surface area contributed by atoms with Crippen molar-refractivity contribution in [2.45, 2.75) is 51.0 Å². The predicted molar refractivity (Wildman–Crippen MR) is 169 cm³/mol. The fourth-order valence-electron chi connectivity index (χ4n) is 5.06. The van der Waals surface area contributed by atoms with Gasteiger partial charge in [0.05, 0.1) is 35.1 Å². The summed E-state index contributed by atoms with van der Waals surface area (Å²) in [4.78, 5) is 37.8. The number of esters is 1. The van der Waals surface area contributed by atoms with Gasteiger partial charge in [-0.05, 0) is 76.2 Å². The number of nitrogens with zero attached hydrogens (tertiary/aromatic N) is 3. The molecule has 226 valence electrons. The Balaban J connectivity index is 0.00000484. The second-order valence-electron chi connectivity index (χ2n) is 10.7. The summed E-state index contributed by atoms with van der Waals surface area (Å²) in [6.07, 6.45) is 6.26. The number of halogens is 3. The second-order valence-corrected chi connectivity index (χ2v) is 11.5. The lowest BCUT2D eigenvalue weighted by molar-refractivity contribution is -0.149. The van der Waals surface area contributed by atoms with Crippen LogP contribution in [0.3, 0.4) is 0 Å². The van der Waals surface area contributed by atoms with Crippen molar-refractivity contribution < 1.29 is 19.1 Å². The first-order valence-corrected chi connectivity index (χ1v) is 14.5. The number of aromatic nitrogens is 2. The Kier molecular flexibility index (Phi) is 12.0. The third-order valence-corrected chi connectivity index (χ3v) is 7.81. The number of hydrogen-bond acceptors (Lipinski definition) is 7. The van der Waals surface area contributed by atoms with Gasteiger partial charge in [-0.3, -0.25) is 9.78 Å². The van der Waals surface area contributed by atoms with Gasteiger partial charge in [-0.25, -0.2) is 9.78 Å². The van der Waals surface area contributed by atoms with E-state index >= 15 is 0 Å². The number of carbonyl (C=O) groups excluding carboxylic acids is 2. The Morgan fingerprint density at radius 2 is 1.76 bits per heavy atom. The highest BCUT2D eigenvalue weighted by atomic mass is 35.5. The van der Waals surface area contributed by atoms with E-state index in [1.807, 2.05) is 39.2 Å². The number of hydrogen-bond donors (Lipinski definition) is 1. The summed E-state index contributed by atoms with van der Waals surface area (Å²) >= 11 is 13.1. The largest absolute Gasteiger partial charge is 0.492 e. The third kappa shape index (κ3) is 7.92. The van der Waals surface area contributed by atoms with Gasteiger partial charge in [-0.2, -0.15) is 0 Å². The number of carbonyl (C=O) groups is 2. The molecule has 1 amide bonds. The van der Waals surface area contributed by atoms with Gasteiger partial charge in [0.2, 0.25) is 0 Å². The fourth-order valence-corrected chi connectivity index (χ4v) is 5.56. The minimum absolute atomic E-state index is 0. The van der Waals surface area contributed by atoms with E-state index in [1.165, 1.54) is 7.11 Å². The molecule has 1 aliphatic carbocycles. The van der Waals surface area contributed by atoms with Crippen LogP contribution in [-0.4, -0.2) is 66.6 Å². The summed E-state index contributed by atoms with van der Waals surface area (Å²) in [5.41, 5.74) is 2.36. The average Bonchev–Trinajstić information content (AvgIpc) is 2.96. The second kappa shape index (κ2) is 15.0. The molecule has 0 spiro atoms. The zero-order valence-electron chi connectivity index (χ0n) is 24.3. The van der Waals surface area contributed by atoms with Crippen molar-refractivity contribution in [3.63, 3.8) is 0 Å². The van der Waals surface area contributed by atoms with Gasteiger partial charge in [0.15, 0.2) is 0 Å². The van der Waals surface area contributed by atoms with E-state index in [1.54, 1.807) is 24.4 Å². The molecule has 1 fully saturated rings. The molecule has 1 aliphatic rings. The zero-order chi connectivity index (χ0) is 29.6. The molecule has 11 heteroatoms. The van der Waals surface area contributed by atoms with E-state index in [2.05, 4.69) is 15.2 Å². The van der Waals surface area contributed by atoms with E-state index in [9.17, 15) is 9.59 Å². The highest BCUT2D eigenvalue weighted by molar-refractivity contribution is 6.33. The van der Waals surface area contributed by atoms with Crippen molar-refractivity contribution in [3.8, 4) is 28.3 Å². The quantitative estimate of drug-likeness (QED) is 0.194. The maximum atomic E-state index is 13.6. The van der Waals surface area contributed by atoms with Crippen LogP contribution < -0.4 is 10.1 Å². The number of rotatable bonds is 10. The van der Waals surface area contributed by atoms with E-state index in [0.29, 0.717) is 57.8 Å². The van der Waals surface area contributed by atoms with E-state index < -0.39 is 17.4 Å². The number of nitrogens with one attached hydrogen (secondary N) is 1. The van der Waals surface area contributed by atoms with Crippen LogP contribution in [0.15, 0.2) is 42.6 Å². The first-order valence-electron chi connectivity index (χ1n) is 13.8. The normalized spacial score (nSPS) is 14.2. The van der Waals surface area contributed by atoms with E-state index in [0.717, 1.165) is 37.8 Å². The maximum absolute atomic E-state index is 13.6. The van der Waals surface area contributed by atoms with Crippen LogP contribution >= 0.6 is 35.6 Å². The lowest BCUT2D eigenvalue weighted by Gasteiger charge is -2.35. The third-order valence-electron chi connectivity index (χ3n) is 7.21. The van der Waals surface area contributed by atoms with Crippen molar-refractivity contribution in [1.82, 2.24) is 20.2 Å². The minimum Gasteiger partial charge on any atom is -0.492 e. The summed E-state index contributed by atoms with van der Waals surface area (Å²) in [6.45, 7) is 3.28. The highest BCUT2D eigenvalue weighted by Gasteiger charge is 2.42. The molecular weight excluding hydrogens is 599 g/mol. The minimum atomic E-state index is -1.07. The monoisotopic (exact) mass is 634 g/mol. The van der Waals surface area contributed by atoms with Crippen LogP contribution in [0, 0.1) is 6.92 Å². The molecule has 0 atom stereocenters. The molecule has 0 radical (unpaired) electrons. The van der Waals surface area contributed by atoms with E-state index in [4.69, 9.17) is 37.7 Å². The number of pyridine rings is 2. The molecule has 0 saturated heterocycles.